The molecule has 1 heterocycles. The van der Waals surface area contributed by atoms with E-state index < -0.39 is 0 Å². The van der Waals surface area contributed by atoms with Crippen molar-refractivity contribution in [2.75, 3.05) is 27.4 Å². The van der Waals surface area contributed by atoms with Crippen molar-refractivity contribution in [1.29, 1.82) is 0 Å². The molecule has 0 bridgehead atoms. The van der Waals surface area contributed by atoms with E-state index in [-0.39, 0.29) is 17.5 Å². The Balaban J connectivity index is 1.53. The van der Waals surface area contributed by atoms with Crippen molar-refractivity contribution in [2.45, 2.75) is 57.5 Å². The lowest BCUT2D eigenvalue weighted by Gasteiger charge is -2.44. The summed E-state index contributed by atoms with van der Waals surface area (Å²) in [5.74, 6) is 1.07. The van der Waals surface area contributed by atoms with Crippen molar-refractivity contribution < 1.29 is 23.8 Å². The molecule has 1 aliphatic heterocycles. The van der Waals surface area contributed by atoms with Gasteiger partial charge in [0.15, 0.2) is 23.1 Å². The zero-order chi connectivity index (χ0) is 26.6. The maximum atomic E-state index is 13.5. The minimum Gasteiger partial charge on any atom is -0.493 e. The third-order valence-electron chi connectivity index (χ3n) is 7.62. The number of nitrogens with zero attached hydrogens (tertiary/aromatic N) is 1. The van der Waals surface area contributed by atoms with Gasteiger partial charge in [-0.05, 0) is 67.5 Å². The molecule has 2 aliphatic carbocycles. The normalized spacial score (nSPS) is 18.0. The molecular weight excluding hydrogens is 502 g/mol. The Kier molecular flexibility index (Phi) is 8.20. The lowest BCUT2D eigenvalue weighted by atomic mass is 9.71. The molecule has 0 unspecified atom stereocenters. The first-order valence-electron chi connectivity index (χ1n) is 13.4. The lowest BCUT2D eigenvalue weighted by Crippen LogP contribution is -2.39. The van der Waals surface area contributed by atoms with Crippen LogP contribution in [0.2, 0.25) is 5.02 Å². The van der Waals surface area contributed by atoms with Crippen LogP contribution in [0.15, 0.2) is 65.0 Å². The summed E-state index contributed by atoms with van der Waals surface area (Å²) in [7, 11) is 3.31. The van der Waals surface area contributed by atoms with E-state index in [0.29, 0.717) is 42.6 Å². The van der Waals surface area contributed by atoms with Crippen molar-refractivity contribution in [3.63, 3.8) is 0 Å². The molecule has 0 N–H and O–H groups in total. The van der Waals surface area contributed by atoms with Crippen LogP contribution in [-0.4, -0.2) is 43.8 Å². The molecule has 7 heteroatoms. The van der Waals surface area contributed by atoms with Gasteiger partial charge in [0.25, 0.3) is 0 Å². The Morgan fingerprint density at radius 3 is 2.24 bits per heavy atom. The second kappa shape index (κ2) is 11.7. The van der Waals surface area contributed by atoms with Crippen LogP contribution in [0.3, 0.4) is 0 Å². The van der Waals surface area contributed by atoms with Crippen molar-refractivity contribution >= 4 is 23.2 Å². The molecular formula is C31H34ClNO5. The number of Topliss-reactive ketones (excluding diaryl/α,β-unsaturated/α-hetero) is 2. The minimum absolute atomic E-state index is 0.137. The van der Waals surface area contributed by atoms with Crippen molar-refractivity contribution in [2.24, 2.45) is 0 Å². The maximum Gasteiger partial charge on any atom is 0.161 e. The third-order valence-corrected chi connectivity index (χ3v) is 7.86. The Bertz CT molecular complexity index is 1250. The van der Waals surface area contributed by atoms with E-state index in [2.05, 4.69) is 4.90 Å². The Morgan fingerprint density at radius 2 is 1.61 bits per heavy atom. The standard InChI is InChI=1S/C31H34ClNO5/c1-36-16-6-15-33-23-9-4-11-25(34)30(23)29(31-24(33)10-5-12-26(31)35)21-13-14-27(28(18-21)37-2)38-19-20-7-3-8-22(32)17-20/h3,7-8,13-14,17-18,29H,4-6,9-12,15-16,19H2,1-2H3. The van der Waals surface area contributed by atoms with Crippen LogP contribution < -0.4 is 9.47 Å². The number of carbonyl (C=O) groups excluding carboxylic acids is 2. The van der Waals surface area contributed by atoms with Crippen LogP contribution >= 0.6 is 11.6 Å². The van der Waals surface area contributed by atoms with Gasteiger partial charge in [0.2, 0.25) is 0 Å². The topological polar surface area (TPSA) is 65.1 Å². The summed E-state index contributed by atoms with van der Waals surface area (Å²) in [5.41, 5.74) is 5.55. The molecule has 5 rings (SSSR count). The minimum atomic E-state index is -0.379. The highest BCUT2D eigenvalue weighted by Gasteiger charge is 2.43. The van der Waals surface area contributed by atoms with Gasteiger partial charge in [-0.25, -0.2) is 0 Å². The molecule has 0 amide bonds. The summed E-state index contributed by atoms with van der Waals surface area (Å²) >= 11 is 6.12. The molecule has 200 valence electrons. The maximum absolute atomic E-state index is 13.5. The molecule has 3 aliphatic rings. The second-order valence-electron chi connectivity index (χ2n) is 10.0. The van der Waals surface area contributed by atoms with E-state index in [0.717, 1.165) is 72.3 Å². The molecule has 0 aromatic heterocycles. The number of methoxy groups -OCH3 is 2. The van der Waals surface area contributed by atoms with Crippen LogP contribution in [0.5, 0.6) is 11.5 Å². The van der Waals surface area contributed by atoms with Crippen molar-refractivity contribution in [1.82, 2.24) is 4.90 Å². The van der Waals surface area contributed by atoms with Gasteiger partial charge >= 0.3 is 0 Å². The number of benzene rings is 2. The summed E-state index contributed by atoms with van der Waals surface area (Å²) < 4.78 is 17.1. The molecule has 2 aromatic rings. The van der Waals surface area contributed by atoms with Gasteiger partial charge in [-0.3, -0.25) is 9.59 Å². The van der Waals surface area contributed by atoms with Crippen LogP contribution in [0.1, 0.15) is 62.0 Å². The molecule has 0 atom stereocenters. The fraction of sp³-hybridized carbons (Fsp3) is 0.419. The number of ketones is 2. The second-order valence-corrected chi connectivity index (χ2v) is 10.5. The number of ether oxygens (including phenoxy) is 3. The van der Waals surface area contributed by atoms with E-state index in [1.807, 2.05) is 42.5 Å². The molecule has 0 spiro atoms. The Morgan fingerprint density at radius 1 is 0.895 bits per heavy atom. The van der Waals surface area contributed by atoms with Gasteiger partial charge in [-0.1, -0.05) is 29.8 Å². The predicted molar refractivity (Wildman–Crippen MR) is 146 cm³/mol. The number of hydrogen-bond donors (Lipinski definition) is 0. The van der Waals surface area contributed by atoms with Gasteiger partial charge in [0, 0.05) is 66.6 Å². The Hall–Kier alpha value is -3.09. The van der Waals surface area contributed by atoms with Gasteiger partial charge in [0.1, 0.15) is 6.61 Å². The van der Waals surface area contributed by atoms with E-state index in [1.165, 1.54) is 0 Å². The van der Waals surface area contributed by atoms with Crippen LogP contribution in [0.25, 0.3) is 0 Å². The molecule has 0 saturated carbocycles. The summed E-state index contributed by atoms with van der Waals surface area (Å²) in [6.45, 7) is 1.73. The first kappa shape index (κ1) is 26.5. The van der Waals surface area contributed by atoms with Gasteiger partial charge < -0.3 is 19.1 Å². The van der Waals surface area contributed by atoms with E-state index >= 15 is 0 Å². The fourth-order valence-corrected chi connectivity index (χ4v) is 6.17. The summed E-state index contributed by atoms with van der Waals surface area (Å²) in [5, 5.41) is 0.657. The quantitative estimate of drug-likeness (QED) is 0.347. The molecule has 38 heavy (non-hydrogen) atoms. The number of allylic oxidation sites excluding steroid dienone is 4. The van der Waals surface area contributed by atoms with Crippen LogP contribution in [0, 0.1) is 0 Å². The highest BCUT2D eigenvalue weighted by Crippen LogP contribution is 2.50. The highest BCUT2D eigenvalue weighted by molar-refractivity contribution is 6.30. The first-order valence-corrected chi connectivity index (χ1v) is 13.7. The van der Waals surface area contributed by atoms with E-state index in [1.54, 1.807) is 14.2 Å². The zero-order valence-electron chi connectivity index (χ0n) is 22.1. The fourth-order valence-electron chi connectivity index (χ4n) is 5.96. The largest absolute Gasteiger partial charge is 0.493 e. The summed E-state index contributed by atoms with van der Waals surface area (Å²) in [6.07, 6.45) is 5.21. The number of rotatable bonds is 9. The van der Waals surface area contributed by atoms with E-state index in [9.17, 15) is 9.59 Å². The number of carbonyl (C=O) groups is 2. The summed E-state index contributed by atoms with van der Waals surface area (Å²) in [6, 6.07) is 13.3. The molecule has 0 radical (unpaired) electrons. The van der Waals surface area contributed by atoms with Gasteiger partial charge in [-0.15, -0.1) is 0 Å². The smallest absolute Gasteiger partial charge is 0.161 e. The monoisotopic (exact) mass is 535 g/mol. The van der Waals surface area contributed by atoms with Gasteiger partial charge in [-0.2, -0.15) is 0 Å². The third kappa shape index (κ3) is 5.25. The molecule has 2 aromatic carbocycles. The zero-order valence-corrected chi connectivity index (χ0v) is 22.8. The van der Waals surface area contributed by atoms with Crippen molar-refractivity contribution in [3.8, 4) is 11.5 Å². The number of hydrogen-bond acceptors (Lipinski definition) is 6. The average Bonchev–Trinajstić information content (AvgIpc) is 2.92. The SMILES string of the molecule is COCCCN1C2=C(C(=O)CCC2)C(c2ccc(OCc3cccc(Cl)c3)c(OC)c2)C2=C1CCCC2=O. The molecule has 0 fully saturated rings. The average molecular weight is 536 g/mol. The molecule has 0 saturated heterocycles. The van der Waals surface area contributed by atoms with Crippen LogP contribution in [-0.2, 0) is 20.9 Å². The summed E-state index contributed by atoms with van der Waals surface area (Å²) in [4.78, 5) is 29.2. The van der Waals surface area contributed by atoms with E-state index in [4.69, 9.17) is 25.8 Å². The molecule has 6 nitrogen and oxygen atoms in total. The first-order chi connectivity index (χ1) is 18.5. The highest BCUT2D eigenvalue weighted by atomic mass is 35.5. The number of halogens is 1. The van der Waals surface area contributed by atoms with Crippen LogP contribution in [0.4, 0.5) is 0 Å². The van der Waals surface area contributed by atoms with Crippen molar-refractivity contribution in [3.05, 3.63) is 81.2 Å². The Labute approximate surface area is 229 Å². The predicted octanol–water partition coefficient (Wildman–Crippen LogP) is 6.38. The lowest BCUT2D eigenvalue weighted by molar-refractivity contribution is -0.117. The van der Waals surface area contributed by atoms with Gasteiger partial charge in [0.05, 0.1) is 7.11 Å².